The number of carboxylic acids is 1. The number of carbonyl (C=O) groups excluding carboxylic acids is 1. The largest absolute Gasteiger partial charge is 0.482 e. The molecule has 140 valence electrons. The number of carboxylic acid groups (broad SMARTS) is 1. The number of hydrogen-bond acceptors (Lipinski definition) is 4. The second-order valence-electron chi connectivity index (χ2n) is 7.08. The average Bonchev–Trinajstić information content (AvgIpc) is 2.68. The Balaban J connectivity index is 1.70. The molecule has 1 amide bonds. The highest BCUT2D eigenvalue weighted by Gasteiger charge is 2.45. The van der Waals surface area contributed by atoms with Crippen LogP contribution in [0.25, 0.3) is 0 Å². The lowest BCUT2D eigenvalue weighted by Crippen LogP contribution is -2.61. The van der Waals surface area contributed by atoms with Gasteiger partial charge in [0, 0.05) is 11.4 Å². The average molecular weight is 366 g/mol. The normalized spacial score (nSPS) is 17.9. The summed E-state index contributed by atoms with van der Waals surface area (Å²) < 4.78 is 5.21. The lowest BCUT2D eigenvalue weighted by molar-refractivity contribution is -0.139. The maximum absolute atomic E-state index is 13.4. The first kappa shape index (κ1) is 17.4. The molecule has 6 nitrogen and oxygen atoms in total. The maximum Gasteiger partial charge on any atom is 0.341 e. The van der Waals surface area contributed by atoms with E-state index in [0.29, 0.717) is 11.3 Å². The van der Waals surface area contributed by atoms with E-state index in [4.69, 9.17) is 9.84 Å². The number of ether oxygens (including phenoxy) is 1. The van der Waals surface area contributed by atoms with E-state index in [2.05, 4.69) is 5.32 Å². The van der Waals surface area contributed by atoms with Crippen LogP contribution in [0, 0.1) is 0 Å². The highest BCUT2D eigenvalue weighted by molar-refractivity contribution is 6.12. The van der Waals surface area contributed by atoms with Gasteiger partial charge in [-0.15, -0.1) is 0 Å². The van der Waals surface area contributed by atoms with Gasteiger partial charge in [0.15, 0.2) is 6.61 Å². The zero-order valence-electron chi connectivity index (χ0n) is 15.0. The first-order valence-electron chi connectivity index (χ1n) is 9.25. The number of amides is 1. The fourth-order valence-electron chi connectivity index (χ4n) is 4.09. The summed E-state index contributed by atoms with van der Waals surface area (Å²) in [6.07, 6.45) is 5.10. The van der Waals surface area contributed by atoms with Crippen LogP contribution < -0.4 is 15.0 Å². The first-order chi connectivity index (χ1) is 13.1. The molecule has 1 heterocycles. The van der Waals surface area contributed by atoms with Crippen molar-refractivity contribution in [2.45, 2.75) is 37.8 Å². The number of nitrogens with zero attached hydrogens (tertiary/aromatic N) is 1. The molecule has 2 aliphatic rings. The molecular formula is C21H22N2O4. The predicted octanol–water partition coefficient (Wildman–Crippen LogP) is 3.88. The number of benzene rings is 2. The third-order valence-electron chi connectivity index (χ3n) is 5.29. The van der Waals surface area contributed by atoms with Crippen LogP contribution in [0.15, 0.2) is 48.5 Å². The monoisotopic (exact) mass is 366 g/mol. The summed E-state index contributed by atoms with van der Waals surface area (Å²) in [5, 5.41) is 12.4. The molecule has 2 aromatic rings. The molecule has 27 heavy (non-hydrogen) atoms. The van der Waals surface area contributed by atoms with Crippen molar-refractivity contribution in [3.8, 4) is 5.75 Å². The summed E-state index contributed by atoms with van der Waals surface area (Å²) in [6.45, 7) is -0.388. The summed E-state index contributed by atoms with van der Waals surface area (Å²) in [5.41, 5.74) is 1.92. The second-order valence-corrected chi connectivity index (χ2v) is 7.08. The number of rotatable bonds is 4. The molecule has 4 rings (SSSR count). The van der Waals surface area contributed by atoms with Crippen molar-refractivity contribution in [3.05, 3.63) is 54.1 Å². The molecule has 2 N–H and O–H groups in total. The van der Waals surface area contributed by atoms with E-state index in [1.165, 1.54) is 6.42 Å². The van der Waals surface area contributed by atoms with Gasteiger partial charge in [-0.25, -0.2) is 4.79 Å². The van der Waals surface area contributed by atoms with Crippen molar-refractivity contribution in [1.82, 2.24) is 0 Å². The third kappa shape index (κ3) is 3.23. The van der Waals surface area contributed by atoms with E-state index in [0.717, 1.165) is 37.1 Å². The molecule has 0 bridgehead atoms. The second kappa shape index (κ2) is 6.95. The van der Waals surface area contributed by atoms with E-state index in [9.17, 15) is 9.59 Å². The smallest absolute Gasteiger partial charge is 0.341 e. The third-order valence-corrected chi connectivity index (χ3v) is 5.29. The van der Waals surface area contributed by atoms with E-state index < -0.39 is 11.6 Å². The lowest BCUT2D eigenvalue weighted by Gasteiger charge is -2.50. The van der Waals surface area contributed by atoms with E-state index in [1.807, 2.05) is 41.3 Å². The number of anilines is 2. The number of nitrogens with one attached hydrogen (secondary N) is 1. The van der Waals surface area contributed by atoms with Gasteiger partial charge in [-0.05, 0) is 62.1 Å². The molecule has 1 saturated carbocycles. The molecule has 2 aromatic carbocycles. The van der Waals surface area contributed by atoms with Crippen molar-refractivity contribution in [2.75, 3.05) is 16.8 Å². The summed E-state index contributed by atoms with van der Waals surface area (Å²) in [7, 11) is 0. The molecule has 0 saturated heterocycles. The Kier molecular flexibility index (Phi) is 4.48. The van der Waals surface area contributed by atoms with Gasteiger partial charge in [0.25, 0.3) is 5.91 Å². The van der Waals surface area contributed by atoms with Crippen LogP contribution in [-0.2, 0) is 4.79 Å². The van der Waals surface area contributed by atoms with Gasteiger partial charge >= 0.3 is 5.97 Å². The Labute approximate surface area is 157 Å². The molecule has 0 unspecified atom stereocenters. The van der Waals surface area contributed by atoms with Crippen LogP contribution in [0.3, 0.4) is 0 Å². The maximum atomic E-state index is 13.4. The van der Waals surface area contributed by atoms with E-state index in [-0.39, 0.29) is 12.5 Å². The minimum Gasteiger partial charge on any atom is -0.482 e. The fourth-order valence-corrected chi connectivity index (χ4v) is 4.09. The zero-order valence-corrected chi connectivity index (χ0v) is 15.0. The molecular weight excluding hydrogens is 344 g/mol. The molecule has 0 atom stereocenters. The Morgan fingerprint density at radius 3 is 2.48 bits per heavy atom. The highest BCUT2D eigenvalue weighted by atomic mass is 16.5. The summed E-state index contributed by atoms with van der Waals surface area (Å²) >= 11 is 0. The lowest BCUT2D eigenvalue weighted by atomic mass is 9.84. The van der Waals surface area contributed by atoms with Gasteiger partial charge in [-0.1, -0.05) is 18.6 Å². The fraction of sp³-hybridized carbons (Fsp3) is 0.333. The topological polar surface area (TPSA) is 78.9 Å². The molecule has 0 aromatic heterocycles. The number of carbonyl (C=O) groups is 2. The minimum absolute atomic E-state index is 0.00884. The molecule has 1 aliphatic carbocycles. The van der Waals surface area contributed by atoms with Crippen molar-refractivity contribution in [1.29, 1.82) is 0 Å². The quantitative estimate of drug-likeness (QED) is 0.858. The van der Waals surface area contributed by atoms with Crippen molar-refractivity contribution in [2.24, 2.45) is 0 Å². The molecule has 1 aliphatic heterocycles. The zero-order chi connectivity index (χ0) is 18.9. The summed E-state index contributed by atoms with van der Waals surface area (Å²) in [4.78, 5) is 25.9. The molecule has 1 spiro atoms. The predicted molar refractivity (Wildman–Crippen MR) is 102 cm³/mol. The minimum atomic E-state index is -1.02. The standard InChI is InChI=1S/C21H22N2O4/c24-19(25)14-27-16-10-8-15(9-11-16)23-20(26)17-6-2-3-7-18(17)22-21(23)12-4-1-5-13-21/h2-3,6-11,22H,1,4-5,12-14H2,(H,24,25). The summed E-state index contributed by atoms with van der Waals surface area (Å²) in [5.74, 6) is -0.561. The Hall–Kier alpha value is -3.02. The van der Waals surface area contributed by atoms with Gasteiger partial charge in [-0.2, -0.15) is 0 Å². The van der Waals surface area contributed by atoms with Gasteiger partial charge in [0.05, 0.1) is 5.56 Å². The van der Waals surface area contributed by atoms with Gasteiger partial charge in [0.1, 0.15) is 11.4 Å². The van der Waals surface area contributed by atoms with Crippen LogP contribution in [-0.4, -0.2) is 29.3 Å². The van der Waals surface area contributed by atoms with Crippen molar-refractivity contribution in [3.63, 3.8) is 0 Å². The highest BCUT2D eigenvalue weighted by Crippen LogP contribution is 2.43. The number of para-hydroxylation sites is 1. The van der Waals surface area contributed by atoms with Crippen molar-refractivity contribution < 1.29 is 19.4 Å². The van der Waals surface area contributed by atoms with E-state index >= 15 is 0 Å². The SMILES string of the molecule is O=C(O)COc1ccc(N2C(=O)c3ccccc3NC23CCCCC3)cc1. The van der Waals surface area contributed by atoms with Gasteiger partial charge < -0.3 is 15.2 Å². The Morgan fingerprint density at radius 1 is 1.07 bits per heavy atom. The summed E-state index contributed by atoms with van der Waals surface area (Å²) in [6, 6.07) is 14.7. The van der Waals surface area contributed by atoms with Crippen LogP contribution in [0.2, 0.25) is 0 Å². The number of hydrogen-bond donors (Lipinski definition) is 2. The van der Waals surface area contributed by atoms with Gasteiger partial charge in [0.2, 0.25) is 0 Å². The molecule has 6 heteroatoms. The molecule has 1 fully saturated rings. The van der Waals surface area contributed by atoms with Crippen LogP contribution >= 0.6 is 0 Å². The van der Waals surface area contributed by atoms with E-state index in [1.54, 1.807) is 12.1 Å². The van der Waals surface area contributed by atoms with Crippen LogP contribution in [0.5, 0.6) is 5.75 Å². The Morgan fingerprint density at radius 2 is 1.78 bits per heavy atom. The Bertz CT molecular complexity index is 857. The van der Waals surface area contributed by atoms with Crippen LogP contribution in [0.1, 0.15) is 42.5 Å². The number of aliphatic carboxylic acids is 1. The van der Waals surface area contributed by atoms with Gasteiger partial charge in [-0.3, -0.25) is 9.69 Å². The number of fused-ring (bicyclic) bond motifs is 1. The first-order valence-corrected chi connectivity index (χ1v) is 9.25. The van der Waals surface area contributed by atoms with Crippen LogP contribution in [0.4, 0.5) is 11.4 Å². The molecule has 0 radical (unpaired) electrons. The van der Waals surface area contributed by atoms with Crippen molar-refractivity contribution >= 4 is 23.3 Å².